The summed E-state index contributed by atoms with van der Waals surface area (Å²) in [4.78, 5) is 190. The first-order valence-corrected chi connectivity index (χ1v) is 36.4. The number of halogens is 1. The first-order valence-electron chi connectivity index (χ1n) is 35.3. The minimum Gasteiger partial charge on any atom is -0.497 e. The van der Waals surface area contributed by atoms with Gasteiger partial charge in [-0.3, -0.25) is 57.5 Å². The summed E-state index contributed by atoms with van der Waals surface area (Å²) >= 11 is 2.13. The Balaban J connectivity index is 1.47. The number of hydrogen-bond donors (Lipinski definition) is 4. The second-order valence-corrected chi connectivity index (χ2v) is 30.3. The number of amides is 12. The molecule has 12 amide bonds. The molecule has 0 radical (unpaired) electrons. The number of aryl methyl sites for hydroxylation is 1. The number of piperidine rings is 1. The zero-order chi connectivity index (χ0) is 75.1. The van der Waals surface area contributed by atoms with Gasteiger partial charge < -0.3 is 65.2 Å². The van der Waals surface area contributed by atoms with Gasteiger partial charge in [0.1, 0.15) is 65.7 Å². The lowest BCUT2D eigenvalue weighted by Crippen LogP contribution is -2.65. The van der Waals surface area contributed by atoms with E-state index in [1.165, 1.54) is 99.6 Å². The van der Waals surface area contributed by atoms with Crippen LogP contribution >= 0.6 is 22.6 Å². The molecule has 4 N–H and O–H groups in total. The fraction of sp³-hybridized carbons (Fsp3) is 0.600. The van der Waals surface area contributed by atoms with Crippen LogP contribution in [0.2, 0.25) is 0 Å². The highest BCUT2D eigenvalue weighted by Gasteiger charge is 2.47. The van der Waals surface area contributed by atoms with E-state index in [1.54, 1.807) is 48.2 Å². The van der Waals surface area contributed by atoms with Gasteiger partial charge in [-0.1, -0.05) is 102 Å². The van der Waals surface area contributed by atoms with Gasteiger partial charge in [0.15, 0.2) is 0 Å². The third kappa shape index (κ3) is 21.2. The number of likely N-dealkylation sites (tertiary alicyclic amines) is 1. The highest BCUT2D eigenvalue weighted by Crippen LogP contribution is 2.27. The number of ether oxygens (including phenoxy) is 1. The number of methoxy groups -OCH3 is 1. The van der Waals surface area contributed by atoms with Crippen molar-refractivity contribution in [3.8, 4) is 5.75 Å². The molecule has 26 heteroatoms. The smallest absolute Gasteiger partial charge is 0.246 e. The van der Waals surface area contributed by atoms with Gasteiger partial charge in [0.2, 0.25) is 70.9 Å². The Kier molecular flexibility index (Phi) is 29.7. The van der Waals surface area contributed by atoms with Crippen molar-refractivity contribution in [3.63, 3.8) is 0 Å². The molecule has 0 spiro atoms. The Hall–Kier alpha value is -8.17. The van der Waals surface area contributed by atoms with Crippen molar-refractivity contribution in [2.24, 2.45) is 17.8 Å². The van der Waals surface area contributed by atoms with Gasteiger partial charge in [0.05, 0.1) is 20.1 Å². The van der Waals surface area contributed by atoms with Gasteiger partial charge in [-0.25, -0.2) is 0 Å². The zero-order valence-corrected chi connectivity index (χ0v) is 64.4. The first-order chi connectivity index (χ1) is 47.5. The molecule has 3 saturated heterocycles. The lowest BCUT2D eigenvalue weighted by Gasteiger charge is -2.45. The molecule has 3 heterocycles. The Bertz CT molecular complexity index is 3450. The normalized spacial score (nSPS) is 25.0. The van der Waals surface area contributed by atoms with Gasteiger partial charge in [0, 0.05) is 84.8 Å². The molecule has 3 fully saturated rings. The topological polar surface area (TPSA) is 288 Å². The summed E-state index contributed by atoms with van der Waals surface area (Å²) < 4.78 is 6.25. The first kappa shape index (κ1) is 81.8. The van der Waals surface area contributed by atoms with Crippen LogP contribution in [0.3, 0.4) is 0 Å². The molecule has 0 saturated carbocycles. The summed E-state index contributed by atoms with van der Waals surface area (Å²) in [6, 6.07) is 10.2. The van der Waals surface area contributed by atoms with Crippen molar-refractivity contribution < 1.29 is 62.3 Å². The molecule has 101 heavy (non-hydrogen) atoms. The van der Waals surface area contributed by atoms with Crippen LogP contribution in [0.25, 0.3) is 0 Å². The number of fused-ring (bicyclic) bond motifs is 1. The molecule has 0 bridgehead atoms. The van der Waals surface area contributed by atoms with Crippen LogP contribution in [0.4, 0.5) is 0 Å². The van der Waals surface area contributed by atoms with Gasteiger partial charge in [-0.05, 0) is 148 Å². The quantitative estimate of drug-likeness (QED) is 0.159. The van der Waals surface area contributed by atoms with E-state index in [0.717, 1.165) is 20.5 Å². The van der Waals surface area contributed by atoms with Gasteiger partial charge >= 0.3 is 0 Å². The Labute approximate surface area is 610 Å². The van der Waals surface area contributed by atoms with Crippen LogP contribution in [0.1, 0.15) is 136 Å². The Morgan fingerprint density at radius 1 is 0.604 bits per heavy atom. The minimum atomic E-state index is -1.76. The summed E-state index contributed by atoms with van der Waals surface area (Å²) in [7, 11) is 10.1. The predicted octanol–water partition coefficient (Wildman–Crippen LogP) is 4.75. The molecule has 25 nitrogen and oxygen atoms in total. The molecule has 6 rings (SSSR count). The van der Waals surface area contributed by atoms with Crippen LogP contribution < -0.4 is 26.0 Å². The van der Waals surface area contributed by atoms with Gasteiger partial charge in [-0.2, -0.15) is 0 Å². The second-order valence-electron chi connectivity index (χ2n) is 29.1. The summed E-state index contributed by atoms with van der Waals surface area (Å²) in [6.45, 7) is 17.8. The van der Waals surface area contributed by atoms with Crippen molar-refractivity contribution in [1.82, 2.24) is 60.5 Å². The lowest BCUT2D eigenvalue weighted by atomic mass is 9.94. The maximum atomic E-state index is 15.4. The van der Waals surface area contributed by atoms with Crippen LogP contribution in [0, 0.1) is 28.2 Å². The van der Waals surface area contributed by atoms with Crippen LogP contribution in [-0.2, 0) is 76.8 Å². The maximum absolute atomic E-state index is 15.4. The standard InChI is InChI=1S/C75H109IN12O13/c1-18-48(7)64-73(99)82(12)49(8)67(93)88-36-33-58(88)71(97)85(15)60(42-51-27-25-47(6)26-28-51)70(96)81(11)44-62(89)77-55(41-52-23-22-24-53(76)39-52)65(91)78-57(40-50-29-31-54(101-17)32-30-50)69(95)86(16)75(9,10)74(100)79-56(37-45(2)3)68(94)84(14)61(72(98)87-34-20-19-21-35-87)43-63(90)83(13)59(38-46(4)5)66(92)80-64/h22-32,39,45-46,48-49,55-61,64H,18-21,33-38,40-44H2,1-17H3,(H,77,89)(H,78,91)(H,79,100)(H,80,92)/t48-,49-,55-,56-,57-,58?,59-,60-,61-,64-/m0/s1. The van der Waals surface area contributed by atoms with E-state index in [1.807, 2.05) is 77.9 Å². The van der Waals surface area contributed by atoms with Crippen LogP contribution in [-0.4, -0.2) is 246 Å². The third-order valence-electron chi connectivity index (χ3n) is 20.3. The number of nitrogens with one attached hydrogen (secondary N) is 4. The molecule has 3 aliphatic heterocycles. The summed E-state index contributed by atoms with van der Waals surface area (Å²) in [5, 5.41) is 11.6. The van der Waals surface area contributed by atoms with Crippen LogP contribution in [0.15, 0.2) is 72.8 Å². The van der Waals surface area contributed by atoms with Gasteiger partial charge in [-0.15, -0.1) is 0 Å². The minimum absolute atomic E-state index is 0.00739. The van der Waals surface area contributed by atoms with Crippen molar-refractivity contribution in [3.05, 3.63) is 98.6 Å². The van der Waals surface area contributed by atoms with E-state index in [4.69, 9.17) is 4.74 Å². The molecule has 0 aliphatic carbocycles. The summed E-state index contributed by atoms with van der Waals surface area (Å²) in [6.07, 6.45) is 2.33. The molecule has 3 aromatic carbocycles. The summed E-state index contributed by atoms with van der Waals surface area (Å²) in [5.41, 5.74) is 1.12. The number of nitrogens with zero attached hydrogens (tertiary/aromatic N) is 8. The van der Waals surface area contributed by atoms with Gasteiger partial charge in [0.25, 0.3) is 0 Å². The molecule has 3 aromatic rings. The predicted molar refractivity (Wildman–Crippen MR) is 392 cm³/mol. The van der Waals surface area contributed by atoms with E-state index in [0.29, 0.717) is 54.8 Å². The average Bonchev–Trinajstić information content (AvgIpc) is 0.785. The molecular weight excluding hydrogens is 1400 g/mol. The van der Waals surface area contributed by atoms with Crippen molar-refractivity contribution >= 4 is 93.5 Å². The number of hydrogen-bond acceptors (Lipinski definition) is 13. The largest absolute Gasteiger partial charge is 0.497 e. The van der Waals surface area contributed by atoms with E-state index in [9.17, 15) is 28.8 Å². The summed E-state index contributed by atoms with van der Waals surface area (Å²) in [5.74, 6) is -8.29. The average molecular weight is 1510 g/mol. The fourth-order valence-corrected chi connectivity index (χ4v) is 13.5. The SMILES string of the molecule is CC[C@H](C)[C@@H]1NC(=O)[C@H](CC(C)C)N(C)C(=O)C[C@@H](C(=O)N2CCCCC2)N(C)C(=O)[C@H](CC(C)C)NC(=O)C(C)(C)N(C)C(=O)[C@H](Cc2ccc(OC)cc2)NC(=O)[C@H](Cc2cccc(I)c2)NC(=O)CN(C)C(=O)[C@H](Cc2ccc(C)cc2)N(C)C(=O)C2CCN2C(=O)[C@H](C)N(C)C1=O. The molecule has 3 aliphatic rings. The number of rotatable bonds is 14. The van der Waals surface area contributed by atoms with Crippen molar-refractivity contribution in [2.45, 2.75) is 200 Å². The lowest BCUT2D eigenvalue weighted by molar-refractivity contribution is -0.160. The molecular formula is C75H109IN12O13. The van der Waals surface area contributed by atoms with Crippen LogP contribution in [0.5, 0.6) is 5.75 Å². The van der Waals surface area contributed by atoms with E-state index >= 15 is 28.8 Å². The molecule has 1 unspecified atom stereocenters. The molecule has 0 aromatic heterocycles. The highest BCUT2D eigenvalue weighted by atomic mass is 127. The van der Waals surface area contributed by atoms with Crippen molar-refractivity contribution in [2.75, 3.05) is 75.6 Å². The van der Waals surface area contributed by atoms with E-state index < -0.39 is 150 Å². The monoisotopic (exact) mass is 1510 g/mol. The number of likely N-dealkylation sites (N-methyl/N-ethyl adjacent to an activating group) is 6. The van der Waals surface area contributed by atoms with E-state index in [-0.39, 0.29) is 56.9 Å². The molecule has 10 atom stereocenters. The Morgan fingerprint density at radius 3 is 1.78 bits per heavy atom. The second kappa shape index (κ2) is 36.6. The third-order valence-corrected chi connectivity index (χ3v) is 21.0. The van der Waals surface area contributed by atoms with Crippen molar-refractivity contribution in [1.29, 1.82) is 0 Å². The number of carbonyl (C=O) groups is 12. The number of carbonyl (C=O) groups excluding carboxylic acids is 12. The Morgan fingerprint density at radius 2 is 1.21 bits per heavy atom. The molecule has 554 valence electrons. The van der Waals surface area contributed by atoms with E-state index in [2.05, 4.69) is 43.9 Å². The fourth-order valence-electron chi connectivity index (χ4n) is 12.9. The highest BCUT2D eigenvalue weighted by molar-refractivity contribution is 14.1. The zero-order valence-electron chi connectivity index (χ0n) is 62.2. The number of benzene rings is 3. The maximum Gasteiger partial charge on any atom is 0.246 e.